The van der Waals surface area contributed by atoms with Crippen LogP contribution in [0.3, 0.4) is 0 Å². The third-order valence-corrected chi connectivity index (χ3v) is 2.58. The molecule has 0 aliphatic heterocycles. The minimum atomic E-state index is -0.384. The highest BCUT2D eigenvalue weighted by Gasteiger charge is 2.11. The fourth-order valence-corrected chi connectivity index (χ4v) is 1.54. The van der Waals surface area contributed by atoms with Crippen LogP contribution in [-0.2, 0) is 6.54 Å². The first kappa shape index (κ1) is 14.4. The SMILES string of the molecule is CCCCOc1ccc([N+](=O)[O-])cc1CNCC. The molecule has 0 unspecified atom stereocenters. The van der Waals surface area contributed by atoms with Crippen LogP contribution in [0, 0.1) is 10.1 Å². The Kier molecular flexibility index (Phi) is 6.14. The molecule has 0 heterocycles. The Morgan fingerprint density at radius 2 is 2.17 bits per heavy atom. The number of nitro benzene ring substituents is 1. The molecule has 100 valence electrons. The molecule has 0 amide bonds. The average Bonchev–Trinajstić information content (AvgIpc) is 2.37. The molecule has 5 nitrogen and oxygen atoms in total. The van der Waals surface area contributed by atoms with Crippen LogP contribution in [0.1, 0.15) is 32.3 Å². The Balaban J connectivity index is 2.82. The third-order valence-electron chi connectivity index (χ3n) is 2.58. The van der Waals surface area contributed by atoms with Crippen LogP contribution in [0.25, 0.3) is 0 Å². The number of benzene rings is 1. The quantitative estimate of drug-likeness (QED) is 0.439. The van der Waals surface area contributed by atoms with Crippen LogP contribution < -0.4 is 10.1 Å². The van der Waals surface area contributed by atoms with Gasteiger partial charge in [-0.25, -0.2) is 0 Å². The molecule has 1 N–H and O–H groups in total. The van der Waals surface area contributed by atoms with E-state index in [2.05, 4.69) is 12.2 Å². The van der Waals surface area contributed by atoms with Crippen molar-refractivity contribution in [1.82, 2.24) is 5.32 Å². The van der Waals surface area contributed by atoms with E-state index >= 15 is 0 Å². The molecule has 0 spiro atoms. The van der Waals surface area contributed by atoms with E-state index in [-0.39, 0.29) is 10.6 Å². The minimum absolute atomic E-state index is 0.103. The molecule has 0 aliphatic carbocycles. The van der Waals surface area contributed by atoms with Crippen molar-refractivity contribution in [3.05, 3.63) is 33.9 Å². The van der Waals surface area contributed by atoms with E-state index in [1.54, 1.807) is 12.1 Å². The Morgan fingerprint density at radius 1 is 1.39 bits per heavy atom. The first-order valence-electron chi connectivity index (χ1n) is 6.29. The van der Waals surface area contributed by atoms with Crippen molar-refractivity contribution >= 4 is 5.69 Å². The zero-order valence-electron chi connectivity index (χ0n) is 10.9. The predicted octanol–water partition coefficient (Wildman–Crippen LogP) is 2.88. The van der Waals surface area contributed by atoms with Gasteiger partial charge in [0.05, 0.1) is 11.5 Å². The average molecular weight is 252 g/mol. The zero-order valence-corrected chi connectivity index (χ0v) is 10.9. The first-order valence-corrected chi connectivity index (χ1v) is 6.29. The van der Waals surface area contributed by atoms with Gasteiger partial charge in [0.25, 0.3) is 5.69 Å². The fourth-order valence-electron chi connectivity index (χ4n) is 1.54. The topological polar surface area (TPSA) is 64.4 Å². The number of nitro groups is 1. The number of unbranched alkanes of at least 4 members (excludes halogenated alkanes) is 1. The van der Waals surface area contributed by atoms with Gasteiger partial charge in [-0.3, -0.25) is 10.1 Å². The molecule has 1 rings (SSSR count). The second-order valence-electron chi connectivity index (χ2n) is 4.03. The summed E-state index contributed by atoms with van der Waals surface area (Å²) < 4.78 is 5.65. The van der Waals surface area contributed by atoms with Crippen molar-refractivity contribution in [2.75, 3.05) is 13.2 Å². The number of nitrogens with one attached hydrogen (secondary N) is 1. The molecule has 18 heavy (non-hydrogen) atoms. The highest BCUT2D eigenvalue weighted by Crippen LogP contribution is 2.24. The number of hydrogen-bond acceptors (Lipinski definition) is 4. The van der Waals surface area contributed by atoms with Gasteiger partial charge in [0, 0.05) is 24.2 Å². The van der Waals surface area contributed by atoms with Crippen LogP contribution in [-0.4, -0.2) is 18.1 Å². The summed E-state index contributed by atoms with van der Waals surface area (Å²) in [5, 5.41) is 13.9. The highest BCUT2D eigenvalue weighted by molar-refractivity contribution is 5.43. The summed E-state index contributed by atoms with van der Waals surface area (Å²) in [5.41, 5.74) is 0.938. The summed E-state index contributed by atoms with van der Waals surface area (Å²) in [6, 6.07) is 4.74. The molecule has 0 fully saturated rings. The smallest absolute Gasteiger partial charge is 0.270 e. The van der Waals surface area contributed by atoms with E-state index in [0.29, 0.717) is 13.2 Å². The largest absolute Gasteiger partial charge is 0.493 e. The van der Waals surface area contributed by atoms with Gasteiger partial charge in [-0.2, -0.15) is 0 Å². The zero-order chi connectivity index (χ0) is 13.4. The molecular weight excluding hydrogens is 232 g/mol. The predicted molar refractivity (Wildman–Crippen MR) is 70.9 cm³/mol. The number of non-ortho nitro benzene ring substituents is 1. The molecule has 0 saturated heterocycles. The molecule has 0 aliphatic rings. The van der Waals surface area contributed by atoms with E-state index in [4.69, 9.17) is 4.74 Å². The van der Waals surface area contributed by atoms with E-state index < -0.39 is 0 Å². The number of hydrogen-bond donors (Lipinski definition) is 1. The molecule has 1 aromatic carbocycles. The van der Waals surface area contributed by atoms with Crippen LogP contribution in [0.5, 0.6) is 5.75 Å². The summed E-state index contributed by atoms with van der Waals surface area (Å²) in [6.07, 6.45) is 2.05. The summed E-state index contributed by atoms with van der Waals surface area (Å²) in [6.45, 7) is 6.14. The van der Waals surface area contributed by atoms with Crippen molar-refractivity contribution in [2.45, 2.75) is 33.2 Å². The maximum Gasteiger partial charge on any atom is 0.270 e. The first-order chi connectivity index (χ1) is 8.69. The molecule has 5 heteroatoms. The van der Waals surface area contributed by atoms with Crippen LogP contribution in [0.15, 0.2) is 18.2 Å². The molecular formula is C13H20N2O3. The second-order valence-corrected chi connectivity index (χ2v) is 4.03. The van der Waals surface area contributed by atoms with Crippen molar-refractivity contribution in [1.29, 1.82) is 0 Å². The third kappa shape index (κ3) is 4.33. The Labute approximate surface area is 107 Å². The van der Waals surface area contributed by atoms with Gasteiger partial charge >= 0.3 is 0 Å². The van der Waals surface area contributed by atoms with E-state index in [0.717, 1.165) is 30.7 Å². The van der Waals surface area contributed by atoms with Crippen LogP contribution in [0.2, 0.25) is 0 Å². The van der Waals surface area contributed by atoms with E-state index in [9.17, 15) is 10.1 Å². The molecule has 0 atom stereocenters. The Bertz CT molecular complexity index is 394. The summed E-state index contributed by atoms with van der Waals surface area (Å²) in [7, 11) is 0. The lowest BCUT2D eigenvalue weighted by Gasteiger charge is -2.11. The maximum absolute atomic E-state index is 10.7. The summed E-state index contributed by atoms with van der Waals surface area (Å²) in [4.78, 5) is 10.4. The molecule has 0 bridgehead atoms. The van der Waals surface area contributed by atoms with E-state index in [1.165, 1.54) is 6.07 Å². The monoisotopic (exact) mass is 252 g/mol. The van der Waals surface area contributed by atoms with Gasteiger partial charge in [0.15, 0.2) is 0 Å². The normalized spacial score (nSPS) is 10.3. The molecule has 0 radical (unpaired) electrons. The molecule has 0 saturated carbocycles. The lowest BCUT2D eigenvalue weighted by molar-refractivity contribution is -0.384. The standard InChI is InChI=1S/C13H20N2O3/c1-3-5-8-18-13-7-6-12(15(16)17)9-11(13)10-14-4-2/h6-7,9,14H,3-5,8,10H2,1-2H3. The van der Waals surface area contributed by atoms with E-state index in [1.807, 2.05) is 6.92 Å². The number of rotatable bonds is 8. The second kappa shape index (κ2) is 7.66. The molecule has 1 aromatic rings. The van der Waals surface area contributed by atoms with Gasteiger partial charge in [0.1, 0.15) is 5.75 Å². The van der Waals surface area contributed by atoms with Crippen molar-refractivity contribution < 1.29 is 9.66 Å². The molecule has 0 aromatic heterocycles. The van der Waals surface area contributed by atoms with Gasteiger partial charge in [0.2, 0.25) is 0 Å². The lowest BCUT2D eigenvalue weighted by atomic mass is 10.1. The fraction of sp³-hybridized carbons (Fsp3) is 0.538. The minimum Gasteiger partial charge on any atom is -0.493 e. The Hall–Kier alpha value is -1.62. The number of ether oxygens (including phenoxy) is 1. The van der Waals surface area contributed by atoms with Gasteiger partial charge in [-0.1, -0.05) is 20.3 Å². The van der Waals surface area contributed by atoms with Crippen LogP contribution in [0.4, 0.5) is 5.69 Å². The van der Waals surface area contributed by atoms with Gasteiger partial charge in [-0.05, 0) is 19.0 Å². The highest BCUT2D eigenvalue weighted by atomic mass is 16.6. The van der Waals surface area contributed by atoms with Crippen molar-refractivity contribution in [3.63, 3.8) is 0 Å². The summed E-state index contributed by atoms with van der Waals surface area (Å²) in [5.74, 6) is 0.731. The lowest BCUT2D eigenvalue weighted by Crippen LogP contribution is -2.13. The van der Waals surface area contributed by atoms with Crippen LogP contribution >= 0.6 is 0 Å². The van der Waals surface area contributed by atoms with Crippen molar-refractivity contribution in [3.8, 4) is 5.75 Å². The van der Waals surface area contributed by atoms with Gasteiger partial charge < -0.3 is 10.1 Å². The van der Waals surface area contributed by atoms with Gasteiger partial charge in [-0.15, -0.1) is 0 Å². The maximum atomic E-state index is 10.7. The summed E-state index contributed by atoms with van der Waals surface area (Å²) >= 11 is 0. The number of nitrogens with zero attached hydrogens (tertiary/aromatic N) is 1. The Morgan fingerprint density at radius 3 is 2.78 bits per heavy atom. The van der Waals surface area contributed by atoms with Crippen molar-refractivity contribution in [2.24, 2.45) is 0 Å².